The van der Waals surface area contributed by atoms with Gasteiger partial charge in [0.05, 0.1) is 9.85 Å². The number of hydrogen-bond donors (Lipinski definition) is 3. The zero-order valence-corrected chi connectivity index (χ0v) is 13.3. The highest BCUT2D eigenvalue weighted by atomic mass is 35.5. The number of anilines is 2. The second-order valence-corrected chi connectivity index (χ2v) is 4.84. The van der Waals surface area contributed by atoms with Crippen LogP contribution in [0.4, 0.5) is 23.0 Å². The van der Waals surface area contributed by atoms with E-state index in [1.807, 2.05) is 0 Å². The molecule has 2 rings (SSSR count). The summed E-state index contributed by atoms with van der Waals surface area (Å²) in [5, 5.41) is 24.4. The van der Waals surface area contributed by atoms with E-state index in [1.54, 1.807) is 0 Å². The number of nitro groups is 2. The Hall–Kier alpha value is -3.54. The highest BCUT2D eigenvalue weighted by Crippen LogP contribution is 2.28. The van der Waals surface area contributed by atoms with Gasteiger partial charge in [0.1, 0.15) is 11.3 Å². The Morgan fingerprint density at radius 1 is 1.16 bits per heavy atom. The molecule has 3 N–H and O–H groups in total. The first-order chi connectivity index (χ1) is 11.8. The molecular weight excluding hydrogens is 358 g/mol. The number of aromatic nitrogens is 2. The summed E-state index contributed by atoms with van der Waals surface area (Å²) in [6, 6.07) is 3.44. The molecule has 0 unspecified atom stereocenters. The van der Waals surface area contributed by atoms with Gasteiger partial charge in [-0.15, -0.1) is 0 Å². The van der Waals surface area contributed by atoms with Crippen molar-refractivity contribution in [3.8, 4) is 0 Å². The standard InChI is InChI=1S/C12H10ClN7O5/c1-14-10-9(20(24)25)11(16-5-15-10)17-18-12(21)6-2-3-7(13)8(4-6)19(22)23/h2-5H,1H3,(H,18,21)(H2,14,15,16,17). The zero-order chi connectivity index (χ0) is 18.6. The molecule has 13 heteroatoms. The van der Waals surface area contributed by atoms with Crippen molar-refractivity contribution in [1.29, 1.82) is 0 Å². The average Bonchev–Trinajstić information content (AvgIpc) is 2.59. The highest BCUT2D eigenvalue weighted by Gasteiger charge is 2.23. The summed E-state index contributed by atoms with van der Waals surface area (Å²) in [4.78, 5) is 40.0. The van der Waals surface area contributed by atoms with Gasteiger partial charge in [0.2, 0.25) is 11.6 Å². The number of carbonyl (C=O) groups is 1. The van der Waals surface area contributed by atoms with E-state index < -0.39 is 27.1 Å². The number of carbonyl (C=O) groups excluding carboxylic acids is 1. The summed E-state index contributed by atoms with van der Waals surface area (Å²) >= 11 is 5.67. The van der Waals surface area contributed by atoms with Crippen molar-refractivity contribution >= 4 is 40.5 Å². The highest BCUT2D eigenvalue weighted by molar-refractivity contribution is 6.32. The molecule has 0 aliphatic carbocycles. The fourth-order valence-electron chi connectivity index (χ4n) is 1.81. The summed E-state index contributed by atoms with van der Waals surface area (Å²) in [7, 11) is 1.44. The Labute approximate surface area is 144 Å². The van der Waals surface area contributed by atoms with Crippen molar-refractivity contribution in [3.05, 3.63) is 55.3 Å². The van der Waals surface area contributed by atoms with Crippen LogP contribution in [0.5, 0.6) is 0 Å². The maximum Gasteiger partial charge on any atom is 0.354 e. The molecule has 130 valence electrons. The van der Waals surface area contributed by atoms with Gasteiger partial charge in [0, 0.05) is 18.7 Å². The maximum atomic E-state index is 12.1. The van der Waals surface area contributed by atoms with Gasteiger partial charge in [-0.3, -0.25) is 35.9 Å². The van der Waals surface area contributed by atoms with Crippen LogP contribution in [0, 0.1) is 20.2 Å². The van der Waals surface area contributed by atoms with Gasteiger partial charge < -0.3 is 5.32 Å². The second kappa shape index (κ2) is 7.35. The van der Waals surface area contributed by atoms with Crippen molar-refractivity contribution in [2.24, 2.45) is 0 Å². The van der Waals surface area contributed by atoms with E-state index in [0.717, 1.165) is 12.4 Å². The molecule has 0 bridgehead atoms. The fraction of sp³-hybridized carbons (Fsp3) is 0.0833. The van der Waals surface area contributed by atoms with E-state index in [2.05, 4.69) is 26.1 Å². The molecule has 0 spiro atoms. The van der Waals surface area contributed by atoms with E-state index in [9.17, 15) is 25.0 Å². The molecule has 0 aliphatic rings. The first-order valence-electron chi connectivity index (χ1n) is 6.52. The Morgan fingerprint density at radius 3 is 2.44 bits per heavy atom. The molecule has 0 atom stereocenters. The number of nitro benzene ring substituents is 1. The van der Waals surface area contributed by atoms with Crippen LogP contribution in [0.2, 0.25) is 5.02 Å². The Balaban J connectivity index is 2.22. The fourth-order valence-corrected chi connectivity index (χ4v) is 1.99. The molecule has 0 saturated carbocycles. The lowest BCUT2D eigenvalue weighted by atomic mass is 10.2. The largest absolute Gasteiger partial charge is 0.367 e. The molecule has 25 heavy (non-hydrogen) atoms. The number of nitrogens with zero attached hydrogens (tertiary/aromatic N) is 4. The number of hydrogen-bond acceptors (Lipinski definition) is 9. The van der Waals surface area contributed by atoms with Gasteiger partial charge in [-0.25, -0.2) is 9.97 Å². The van der Waals surface area contributed by atoms with E-state index in [-0.39, 0.29) is 22.2 Å². The minimum absolute atomic E-state index is 0.0566. The van der Waals surface area contributed by atoms with Crippen LogP contribution in [-0.2, 0) is 0 Å². The van der Waals surface area contributed by atoms with Gasteiger partial charge >= 0.3 is 5.69 Å². The van der Waals surface area contributed by atoms with E-state index in [1.165, 1.54) is 19.2 Å². The van der Waals surface area contributed by atoms with Crippen LogP contribution in [0.1, 0.15) is 10.4 Å². The third-order valence-corrected chi connectivity index (χ3v) is 3.26. The molecule has 12 nitrogen and oxygen atoms in total. The Kier molecular flexibility index (Phi) is 5.24. The van der Waals surface area contributed by atoms with Crippen molar-refractivity contribution in [2.75, 3.05) is 17.8 Å². The monoisotopic (exact) mass is 367 g/mol. The summed E-state index contributed by atoms with van der Waals surface area (Å²) in [6.45, 7) is 0. The van der Waals surface area contributed by atoms with E-state index in [4.69, 9.17) is 11.6 Å². The minimum Gasteiger partial charge on any atom is -0.367 e. The van der Waals surface area contributed by atoms with Crippen molar-refractivity contribution < 1.29 is 14.6 Å². The summed E-state index contributed by atoms with van der Waals surface area (Å²) < 4.78 is 0. The predicted octanol–water partition coefficient (Wildman–Crippen LogP) is 1.74. The van der Waals surface area contributed by atoms with Crippen LogP contribution in [0.3, 0.4) is 0 Å². The molecule has 0 saturated heterocycles. The lowest BCUT2D eigenvalue weighted by Gasteiger charge is -2.09. The van der Waals surface area contributed by atoms with Gasteiger partial charge in [0.15, 0.2) is 0 Å². The zero-order valence-electron chi connectivity index (χ0n) is 12.5. The molecule has 1 amide bonds. The molecule has 0 fully saturated rings. The van der Waals surface area contributed by atoms with Gasteiger partial charge in [-0.1, -0.05) is 11.6 Å². The topological polar surface area (TPSA) is 165 Å². The predicted molar refractivity (Wildman–Crippen MR) is 87.4 cm³/mol. The van der Waals surface area contributed by atoms with Gasteiger partial charge in [0.25, 0.3) is 11.6 Å². The SMILES string of the molecule is CNc1ncnc(NNC(=O)c2ccc(Cl)c([N+](=O)[O-])c2)c1[N+](=O)[O-]. The number of nitrogens with one attached hydrogen (secondary N) is 3. The summed E-state index contributed by atoms with van der Waals surface area (Å²) in [5.41, 5.74) is 3.47. The van der Waals surface area contributed by atoms with Crippen LogP contribution >= 0.6 is 11.6 Å². The minimum atomic E-state index is -0.779. The first kappa shape index (κ1) is 17.8. The summed E-state index contributed by atoms with van der Waals surface area (Å²) in [5.74, 6) is -1.10. The molecule has 1 aromatic carbocycles. The van der Waals surface area contributed by atoms with Crippen molar-refractivity contribution in [1.82, 2.24) is 15.4 Å². The lowest BCUT2D eigenvalue weighted by Crippen LogP contribution is -2.30. The molecule has 1 heterocycles. The van der Waals surface area contributed by atoms with E-state index >= 15 is 0 Å². The van der Waals surface area contributed by atoms with Crippen molar-refractivity contribution in [3.63, 3.8) is 0 Å². The molecule has 0 aliphatic heterocycles. The maximum absolute atomic E-state index is 12.1. The van der Waals surface area contributed by atoms with Gasteiger partial charge in [-0.2, -0.15) is 0 Å². The number of benzene rings is 1. The number of halogens is 1. The molecular formula is C12H10ClN7O5. The number of hydrazine groups is 1. The van der Waals surface area contributed by atoms with Crippen LogP contribution in [0.25, 0.3) is 0 Å². The normalized spacial score (nSPS) is 10.0. The Morgan fingerprint density at radius 2 is 1.84 bits per heavy atom. The van der Waals surface area contributed by atoms with Crippen LogP contribution in [-0.4, -0.2) is 32.8 Å². The molecule has 2 aromatic rings. The van der Waals surface area contributed by atoms with Crippen LogP contribution < -0.4 is 16.2 Å². The van der Waals surface area contributed by atoms with E-state index in [0.29, 0.717) is 0 Å². The number of rotatable bonds is 6. The molecule has 0 radical (unpaired) electrons. The summed E-state index contributed by atoms with van der Waals surface area (Å²) in [6.07, 6.45) is 1.06. The van der Waals surface area contributed by atoms with Gasteiger partial charge in [-0.05, 0) is 12.1 Å². The third kappa shape index (κ3) is 3.87. The van der Waals surface area contributed by atoms with Crippen LogP contribution in [0.15, 0.2) is 24.5 Å². The third-order valence-electron chi connectivity index (χ3n) is 2.94. The molecule has 1 aromatic heterocycles. The quantitative estimate of drug-likeness (QED) is 0.509. The lowest BCUT2D eigenvalue weighted by molar-refractivity contribution is -0.384. The Bertz CT molecular complexity index is 860. The van der Waals surface area contributed by atoms with Crippen molar-refractivity contribution in [2.45, 2.75) is 0 Å². The number of amides is 1. The smallest absolute Gasteiger partial charge is 0.354 e. The second-order valence-electron chi connectivity index (χ2n) is 4.43. The first-order valence-corrected chi connectivity index (χ1v) is 6.90. The average molecular weight is 368 g/mol.